The molecule has 0 bridgehead atoms. The highest BCUT2D eigenvalue weighted by atomic mass is 15.3. The Balaban J connectivity index is 1.70. The Hall–Kier alpha value is -2.71. The third-order valence-electron chi connectivity index (χ3n) is 3.49. The molecule has 1 aromatic carbocycles. The van der Waals surface area contributed by atoms with Gasteiger partial charge in [0.25, 0.3) is 0 Å². The Labute approximate surface area is 122 Å². The number of aromatic nitrogens is 3. The van der Waals surface area contributed by atoms with Crippen molar-refractivity contribution in [3.63, 3.8) is 0 Å². The molecular weight excluding hydrogens is 262 g/mol. The first-order chi connectivity index (χ1) is 10.3. The molecule has 1 unspecified atom stereocenters. The van der Waals surface area contributed by atoms with Crippen molar-refractivity contribution in [3.05, 3.63) is 65.6 Å². The third kappa shape index (κ3) is 2.76. The number of nitriles is 1. The lowest BCUT2D eigenvalue weighted by Gasteiger charge is -2.13. The summed E-state index contributed by atoms with van der Waals surface area (Å²) in [5.41, 5.74) is 2.66. The van der Waals surface area contributed by atoms with E-state index in [1.54, 1.807) is 0 Å². The Morgan fingerprint density at radius 2 is 2.00 bits per heavy atom. The van der Waals surface area contributed by atoms with Gasteiger partial charge >= 0.3 is 0 Å². The Kier molecular flexibility index (Phi) is 3.63. The summed E-state index contributed by atoms with van der Waals surface area (Å²) in [5.74, 6) is 0.881. The van der Waals surface area contributed by atoms with Crippen LogP contribution in [-0.2, 0) is 6.54 Å². The van der Waals surface area contributed by atoms with Crippen LogP contribution in [-0.4, -0.2) is 14.6 Å². The van der Waals surface area contributed by atoms with Gasteiger partial charge in [-0.3, -0.25) is 4.40 Å². The molecule has 2 heterocycles. The summed E-state index contributed by atoms with van der Waals surface area (Å²) in [6.07, 6.45) is 1.96. The van der Waals surface area contributed by atoms with Crippen molar-refractivity contribution >= 4 is 5.65 Å². The molecule has 0 radical (unpaired) electrons. The summed E-state index contributed by atoms with van der Waals surface area (Å²) in [4.78, 5) is 0. The van der Waals surface area contributed by atoms with Gasteiger partial charge in [-0.15, -0.1) is 10.2 Å². The number of rotatable bonds is 4. The molecule has 5 nitrogen and oxygen atoms in total. The second-order valence-electron chi connectivity index (χ2n) is 4.88. The maximum Gasteiger partial charge on any atom is 0.160 e. The standard InChI is InChI=1S/C16H15N5/c1-12(14-7-5-13(10-17)6-8-14)18-11-16-20-19-15-4-2-3-9-21(15)16/h2-9,12,18H,11H2,1H3. The highest BCUT2D eigenvalue weighted by Gasteiger charge is 2.08. The van der Waals surface area contributed by atoms with Gasteiger partial charge in [0.15, 0.2) is 11.5 Å². The van der Waals surface area contributed by atoms with Crippen molar-refractivity contribution in [2.75, 3.05) is 0 Å². The van der Waals surface area contributed by atoms with E-state index in [9.17, 15) is 0 Å². The topological polar surface area (TPSA) is 66.0 Å². The lowest BCUT2D eigenvalue weighted by molar-refractivity contribution is 0.556. The lowest BCUT2D eigenvalue weighted by Crippen LogP contribution is -2.19. The Morgan fingerprint density at radius 1 is 1.19 bits per heavy atom. The van der Waals surface area contributed by atoms with Crippen LogP contribution in [0.15, 0.2) is 48.7 Å². The van der Waals surface area contributed by atoms with E-state index in [1.807, 2.05) is 53.1 Å². The second-order valence-corrected chi connectivity index (χ2v) is 4.88. The van der Waals surface area contributed by atoms with Crippen LogP contribution in [0.5, 0.6) is 0 Å². The van der Waals surface area contributed by atoms with Gasteiger partial charge in [0.2, 0.25) is 0 Å². The van der Waals surface area contributed by atoms with Gasteiger partial charge in [0, 0.05) is 12.2 Å². The van der Waals surface area contributed by atoms with E-state index >= 15 is 0 Å². The second kappa shape index (κ2) is 5.73. The number of nitrogens with zero attached hydrogens (tertiary/aromatic N) is 4. The fourth-order valence-electron chi connectivity index (χ4n) is 2.22. The maximum absolute atomic E-state index is 8.81. The number of fused-ring (bicyclic) bond motifs is 1. The zero-order chi connectivity index (χ0) is 14.7. The molecule has 0 spiro atoms. The summed E-state index contributed by atoms with van der Waals surface area (Å²) in [5, 5.41) is 20.6. The first kappa shape index (κ1) is 13.3. The quantitative estimate of drug-likeness (QED) is 0.795. The van der Waals surface area contributed by atoms with E-state index in [-0.39, 0.29) is 6.04 Å². The third-order valence-corrected chi connectivity index (χ3v) is 3.49. The zero-order valence-electron chi connectivity index (χ0n) is 11.7. The highest BCUT2D eigenvalue weighted by Crippen LogP contribution is 2.14. The molecule has 0 fully saturated rings. The molecule has 0 aliphatic heterocycles. The minimum atomic E-state index is 0.175. The SMILES string of the molecule is CC(NCc1nnc2ccccn12)c1ccc(C#N)cc1. The molecule has 21 heavy (non-hydrogen) atoms. The highest BCUT2D eigenvalue weighted by molar-refractivity contribution is 5.37. The predicted octanol–water partition coefficient (Wildman–Crippen LogP) is 2.45. The number of hydrogen-bond acceptors (Lipinski definition) is 4. The fourth-order valence-corrected chi connectivity index (χ4v) is 2.22. The summed E-state index contributed by atoms with van der Waals surface area (Å²) in [7, 11) is 0. The van der Waals surface area contributed by atoms with Gasteiger partial charge in [0.1, 0.15) is 0 Å². The first-order valence-electron chi connectivity index (χ1n) is 6.80. The predicted molar refractivity (Wildman–Crippen MR) is 79.4 cm³/mol. The van der Waals surface area contributed by atoms with Crippen molar-refractivity contribution in [1.29, 1.82) is 5.26 Å². The molecular formula is C16H15N5. The van der Waals surface area contributed by atoms with Gasteiger partial charge < -0.3 is 5.32 Å². The van der Waals surface area contributed by atoms with Crippen molar-refractivity contribution in [3.8, 4) is 6.07 Å². The molecule has 0 saturated carbocycles. The van der Waals surface area contributed by atoms with Crippen LogP contribution in [0, 0.1) is 11.3 Å². The largest absolute Gasteiger partial charge is 0.303 e. The molecule has 5 heteroatoms. The van der Waals surface area contributed by atoms with Crippen LogP contribution in [0.2, 0.25) is 0 Å². The van der Waals surface area contributed by atoms with Gasteiger partial charge in [0.05, 0.1) is 18.2 Å². The van der Waals surface area contributed by atoms with E-state index in [0.29, 0.717) is 12.1 Å². The number of nitrogens with one attached hydrogen (secondary N) is 1. The number of hydrogen-bond donors (Lipinski definition) is 1. The normalized spacial score (nSPS) is 12.2. The smallest absolute Gasteiger partial charge is 0.160 e. The van der Waals surface area contributed by atoms with Crippen molar-refractivity contribution in [2.45, 2.75) is 19.5 Å². The molecule has 0 aliphatic rings. The first-order valence-corrected chi connectivity index (χ1v) is 6.80. The Bertz CT molecular complexity index is 782. The monoisotopic (exact) mass is 277 g/mol. The van der Waals surface area contributed by atoms with E-state index in [0.717, 1.165) is 17.0 Å². The van der Waals surface area contributed by atoms with Crippen LogP contribution in [0.4, 0.5) is 0 Å². The fraction of sp³-hybridized carbons (Fsp3) is 0.188. The van der Waals surface area contributed by atoms with E-state index in [4.69, 9.17) is 5.26 Å². The molecule has 3 aromatic rings. The average Bonchev–Trinajstić information content (AvgIpc) is 2.96. The van der Waals surface area contributed by atoms with Gasteiger partial charge in [-0.1, -0.05) is 18.2 Å². The van der Waals surface area contributed by atoms with Crippen LogP contribution >= 0.6 is 0 Å². The molecule has 3 rings (SSSR count). The van der Waals surface area contributed by atoms with Crippen LogP contribution in [0.3, 0.4) is 0 Å². The molecule has 1 N–H and O–H groups in total. The Morgan fingerprint density at radius 3 is 2.76 bits per heavy atom. The van der Waals surface area contributed by atoms with Gasteiger partial charge in [-0.25, -0.2) is 0 Å². The summed E-state index contributed by atoms with van der Waals surface area (Å²) in [6, 6.07) is 15.7. The molecule has 104 valence electrons. The minimum absolute atomic E-state index is 0.175. The van der Waals surface area contributed by atoms with Crippen molar-refractivity contribution < 1.29 is 0 Å². The van der Waals surface area contributed by atoms with Gasteiger partial charge in [-0.05, 0) is 36.8 Å². The van der Waals surface area contributed by atoms with E-state index < -0.39 is 0 Å². The molecule has 1 atom stereocenters. The molecule has 2 aromatic heterocycles. The molecule has 0 amide bonds. The zero-order valence-corrected chi connectivity index (χ0v) is 11.7. The summed E-state index contributed by atoms with van der Waals surface area (Å²) < 4.78 is 1.97. The summed E-state index contributed by atoms with van der Waals surface area (Å²) in [6.45, 7) is 2.72. The maximum atomic E-state index is 8.81. The number of benzene rings is 1. The minimum Gasteiger partial charge on any atom is -0.303 e. The van der Waals surface area contributed by atoms with E-state index in [1.165, 1.54) is 0 Å². The molecule has 0 saturated heterocycles. The van der Waals surface area contributed by atoms with E-state index in [2.05, 4.69) is 28.5 Å². The number of pyridine rings is 1. The molecule has 0 aliphatic carbocycles. The van der Waals surface area contributed by atoms with Crippen molar-refractivity contribution in [1.82, 2.24) is 19.9 Å². The van der Waals surface area contributed by atoms with Crippen LogP contribution in [0.1, 0.15) is 29.9 Å². The van der Waals surface area contributed by atoms with Crippen LogP contribution < -0.4 is 5.32 Å². The lowest BCUT2D eigenvalue weighted by atomic mass is 10.1. The van der Waals surface area contributed by atoms with Crippen molar-refractivity contribution in [2.24, 2.45) is 0 Å². The van der Waals surface area contributed by atoms with Crippen LogP contribution in [0.25, 0.3) is 5.65 Å². The van der Waals surface area contributed by atoms with Gasteiger partial charge in [-0.2, -0.15) is 5.26 Å². The average molecular weight is 277 g/mol. The summed E-state index contributed by atoms with van der Waals surface area (Å²) >= 11 is 0.